The molecule has 1 N–H and O–H groups in total. The van der Waals surface area contributed by atoms with E-state index in [0.717, 1.165) is 5.56 Å². The number of oxazole rings is 1. The molecule has 0 atom stereocenters. The maximum absolute atomic E-state index is 12.2. The van der Waals surface area contributed by atoms with E-state index in [-0.39, 0.29) is 12.3 Å². The van der Waals surface area contributed by atoms with Gasteiger partial charge in [0, 0.05) is 35.5 Å². The molecular weight excluding hydrogens is 415 g/mol. The highest BCUT2D eigenvalue weighted by Gasteiger charge is 2.13. The molecular formula is C21H20Cl2N2O4. The first kappa shape index (κ1) is 21.0. The number of nitrogens with zero attached hydrogens (tertiary/aromatic N) is 1. The monoisotopic (exact) mass is 434 g/mol. The van der Waals surface area contributed by atoms with Gasteiger partial charge in [-0.05, 0) is 24.3 Å². The van der Waals surface area contributed by atoms with E-state index in [4.69, 9.17) is 37.1 Å². The minimum absolute atomic E-state index is 0.126. The average molecular weight is 435 g/mol. The van der Waals surface area contributed by atoms with Gasteiger partial charge in [-0.2, -0.15) is 0 Å². The maximum atomic E-state index is 12.2. The number of halogens is 2. The zero-order valence-electron chi connectivity index (χ0n) is 16.0. The van der Waals surface area contributed by atoms with Gasteiger partial charge in [0.15, 0.2) is 23.1 Å². The molecule has 0 radical (unpaired) electrons. The van der Waals surface area contributed by atoms with Crippen LogP contribution >= 0.6 is 23.2 Å². The van der Waals surface area contributed by atoms with Gasteiger partial charge in [-0.25, -0.2) is 4.98 Å². The first-order valence-electron chi connectivity index (χ1n) is 8.88. The lowest BCUT2D eigenvalue weighted by molar-refractivity contribution is -0.121. The molecule has 0 spiro atoms. The third kappa shape index (κ3) is 5.22. The molecule has 1 amide bonds. The van der Waals surface area contributed by atoms with Gasteiger partial charge in [0.1, 0.15) is 0 Å². The Morgan fingerprint density at radius 2 is 2.00 bits per heavy atom. The highest BCUT2D eigenvalue weighted by Crippen LogP contribution is 2.31. The number of rotatable bonds is 8. The fourth-order valence-electron chi connectivity index (χ4n) is 2.84. The first-order valence-corrected chi connectivity index (χ1v) is 9.64. The van der Waals surface area contributed by atoms with Crippen LogP contribution in [0, 0.1) is 0 Å². The Bertz CT molecular complexity index is 1000. The summed E-state index contributed by atoms with van der Waals surface area (Å²) in [7, 11) is 3.14. The molecule has 29 heavy (non-hydrogen) atoms. The number of hydrogen-bond donors (Lipinski definition) is 1. The number of carbonyl (C=O) groups excluding carboxylic acids is 1. The molecule has 1 aromatic heterocycles. The number of aromatic nitrogens is 1. The molecule has 6 nitrogen and oxygen atoms in total. The van der Waals surface area contributed by atoms with Crippen molar-refractivity contribution in [1.29, 1.82) is 0 Å². The molecule has 2 aromatic carbocycles. The number of para-hydroxylation sites is 1. The lowest BCUT2D eigenvalue weighted by Crippen LogP contribution is -2.23. The predicted molar refractivity (Wildman–Crippen MR) is 112 cm³/mol. The summed E-state index contributed by atoms with van der Waals surface area (Å²) >= 11 is 12.1. The fourth-order valence-corrected chi connectivity index (χ4v) is 3.34. The van der Waals surface area contributed by atoms with Crippen LogP contribution in [0.1, 0.15) is 17.9 Å². The van der Waals surface area contributed by atoms with Crippen LogP contribution in [0.4, 0.5) is 0 Å². The summed E-state index contributed by atoms with van der Waals surface area (Å²) in [5.74, 6) is 2.09. The third-order valence-corrected chi connectivity index (χ3v) is 4.82. The van der Waals surface area contributed by atoms with Crippen molar-refractivity contribution in [3.05, 3.63) is 64.1 Å². The quantitative estimate of drug-likeness (QED) is 0.544. The molecule has 0 aliphatic rings. The van der Waals surface area contributed by atoms with E-state index in [0.29, 0.717) is 51.7 Å². The largest absolute Gasteiger partial charge is 0.493 e. The van der Waals surface area contributed by atoms with E-state index in [1.54, 1.807) is 44.7 Å². The van der Waals surface area contributed by atoms with Crippen LogP contribution < -0.4 is 14.8 Å². The summed E-state index contributed by atoms with van der Waals surface area (Å²) < 4.78 is 16.4. The van der Waals surface area contributed by atoms with E-state index in [9.17, 15) is 4.79 Å². The summed E-state index contributed by atoms with van der Waals surface area (Å²) in [5.41, 5.74) is 1.53. The first-order chi connectivity index (χ1) is 14.0. The Balaban J connectivity index is 1.56. The number of aryl methyl sites for hydroxylation is 1. The second-order valence-electron chi connectivity index (χ2n) is 6.17. The standard InChI is InChI=1S/C21H20Cl2N2O4/c1-27-17-5-3-4-13(21(17)28-2)11-24-19(26)8-9-20-25-12-18(29-20)15-7-6-14(22)10-16(15)23/h3-7,10,12H,8-9,11H2,1-2H3,(H,24,26). The van der Waals surface area contributed by atoms with Crippen molar-refractivity contribution in [1.82, 2.24) is 10.3 Å². The summed E-state index contributed by atoms with van der Waals surface area (Å²) in [6, 6.07) is 10.7. The highest BCUT2D eigenvalue weighted by molar-refractivity contribution is 6.36. The molecule has 0 fully saturated rings. The lowest BCUT2D eigenvalue weighted by atomic mass is 10.1. The van der Waals surface area contributed by atoms with Crippen LogP contribution in [0.5, 0.6) is 11.5 Å². The molecule has 152 valence electrons. The Morgan fingerprint density at radius 3 is 2.72 bits per heavy atom. The Hall–Kier alpha value is -2.70. The SMILES string of the molecule is COc1cccc(CNC(=O)CCc2ncc(-c3ccc(Cl)cc3Cl)o2)c1OC. The van der Waals surface area contributed by atoms with Crippen molar-refractivity contribution in [3.8, 4) is 22.8 Å². The van der Waals surface area contributed by atoms with Crippen molar-refractivity contribution < 1.29 is 18.7 Å². The maximum Gasteiger partial charge on any atom is 0.220 e. The van der Waals surface area contributed by atoms with Crippen LogP contribution in [-0.2, 0) is 17.8 Å². The number of hydrogen-bond acceptors (Lipinski definition) is 5. The van der Waals surface area contributed by atoms with Crippen molar-refractivity contribution in [2.75, 3.05) is 14.2 Å². The van der Waals surface area contributed by atoms with E-state index >= 15 is 0 Å². The smallest absolute Gasteiger partial charge is 0.220 e. The van der Waals surface area contributed by atoms with Gasteiger partial charge < -0.3 is 19.2 Å². The van der Waals surface area contributed by atoms with Crippen molar-refractivity contribution >= 4 is 29.1 Å². The number of benzene rings is 2. The van der Waals surface area contributed by atoms with Crippen molar-refractivity contribution in [2.24, 2.45) is 0 Å². The van der Waals surface area contributed by atoms with E-state index in [2.05, 4.69) is 10.3 Å². The molecule has 3 aromatic rings. The zero-order valence-corrected chi connectivity index (χ0v) is 17.5. The number of amides is 1. The molecule has 0 aliphatic carbocycles. The van der Waals surface area contributed by atoms with Gasteiger partial charge in [-0.1, -0.05) is 35.3 Å². The Labute approximate surface area is 178 Å². The molecule has 1 heterocycles. The van der Waals surface area contributed by atoms with Crippen LogP contribution in [-0.4, -0.2) is 25.1 Å². The minimum Gasteiger partial charge on any atom is -0.493 e. The number of ether oxygens (including phenoxy) is 2. The van der Waals surface area contributed by atoms with Crippen molar-refractivity contribution in [2.45, 2.75) is 19.4 Å². The van der Waals surface area contributed by atoms with Crippen LogP contribution in [0.15, 0.2) is 47.0 Å². The summed E-state index contributed by atoms with van der Waals surface area (Å²) in [6.45, 7) is 0.330. The molecule has 3 rings (SSSR count). The Kier molecular flexibility index (Phi) is 7.01. The predicted octanol–water partition coefficient (Wildman–Crippen LogP) is 4.91. The van der Waals surface area contributed by atoms with Gasteiger partial charge >= 0.3 is 0 Å². The lowest BCUT2D eigenvalue weighted by Gasteiger charge is -2.13. The highest BCUT2D eigenvalue weighted by atomic mass is 35.5. The number of methoxy groups -OCH3 is 2. The second-order valence-corrected chi connectivity index (χ2v) is 7.02. The van der Waals surface area contributed by atoms with Crippen LogP contribution in [0.2, 0.25) is 10.0 Å². The summed E-state index contributed by atoms with van der Waals surface area (Å²) in [6.07, 6.45) is 2.19. The molecule has 8 heteroatoms. The second kappa shape index (κ2) is 9.67. The molecule has 0 unspecified atom stereocenters. The minimum atomic E-state index is -0.126. The fraction of sp³-hybridized carbons (Fsp3) is 0.238. The summed E-state index contributed by atoms with van der Waals surface area (Å²) in [5, 5.41) is 3.89. The number of carbonyl (C=O) groups is 1. The Morgan fingerprint density at radius 1 is 1.17 bits per heavy atom. The van der Waals surface area contributed by atoms with E-state index in [1.807, 2.05) is 12.1 Å². The van der Waals surface area contributed by atoms with E-state index in [1.165, 1.54) is 0 Å². The van der Waals surface area contributed by atoms with Crippen LogP contribution in [0.3, 0.4) is 0 Å². The van der Waals surface area contributed by atoms with Gasteiger partial charge in [0.05, 0.1) is 25.4 Å². The van der Waals surface area contributed by atoms with E-state index < -0.39 is 0 Å². The molecule has 0 aliphatic heterocycles. The van der Waals surface area contributed by atoms with Gasteiger partial charge in [-0.15, -0.1) is 0 Å². The van der Waals surface area contributed by atoms with Gasteiger partial charge in [-0.3, -0.25) is 4.79 Å². The average Bonchev–Trinajstić information content (AvgIpc) is 3.18. The van der Waals surface area contributed by atoms with Gasteiger partial charge in [0.25, 0.3) is 0 Å². The zero-order chi connectivity index (χ0) is 20.8. The van der Waals surface area contributed by atoms with Crippen molar-refractivity contribution in [3.63, 3.8) is 0 Å². The molecule has 0 bridgehead atoms. The van der Waals surface area contributed by atoms with Crippen LogP contribution in [0.25, 0.3) is 11.3 Å². The normalized spacial score (nSPS) is 10.6. The van der Waals surface area contributed by atoms with Gasteiger partial charge in [0.2, 0.25) is 5.91 Å². The summed E-state index contributed by atoms with van der Waals surface area (Å²) in [4.78, 5) is 16.4. The topological polar surface area (TPSA) is 73.6 Å². The number of nitrogens with one attached hydrogen (secondary N) is 1. The third-order valence-electron chi connectivity index (χ3n) is 4.28. The molecule has 0 saturated heterocycles. The molecule has 0 saturated carbocycles.